The Morgan fingerprint density at radius 2 is 1.90 bits per heavy atom. The summed E-state index contributed by atoms with van der Waals surface area (Å²) in [6.07, 6.45) is 0. The Kier molecular flexibility index (Phi) is 4.33. The zero-order valence-electron chi connectivity index (χ0n) is 10.6. The van der Waals surface area contributed by atoms with Crippen molar-refractivity contribution in [3.05, 3.63) is 67.3 Å². The topological polar surface area (TPSA) is 72.2 Å². The Morgan fingerprint density at radius 3 is 2.50 bits per heavy atom. The lowest BCUT2D eigenvalue weighted by Crippen LogP contribution is -2.13. The van der Waals surface area contributed by atoms with Gasteiger partial charge >= 0.3 is 0 Å². The largest absolute Gasteiger partial charge is 0.321 e. The van der Waals surface area contributed by atoms with E-state index in [2.05, 4.69) is 5.32 Å². The van der Waals surface area contributed by atoms with Crippen LogP contribution >= 0.6 is 22.6 Å². The summed E-state index contributed by atoms with van der Waals surface area (Å²) in [6.45, 7) is 1.67. The molecule has 0 aromatic heterocycles. The molecule has 0 aliphatic carbocycles. The number of carbonyl (C=O) groups excluding carboxylic acids is 1. The van der Waals surface area contributed by atoms with Crippen LogP contribution in [-0.4, -0.2) is 10.8 Å². The Morgan fingerprint density at radius 1 is 1.25 bits per heavy atom. The molecule has 0 aliphatic rings. The van der Waals surface area contributed by atoms with E-state index in [1.807, 2.05) is 28.7 Å². The second kappa shape index (κ2) is 6.00. The lowest BCUT2D eigenvalue weighted by Gasteiger charge is -2.08. The minimum atomic E-state index is -0.455. The van der Waals surface area contributed by atoms with Gasteiger partial charge in [-0.25, -0.2) is 0 Å². The molecule has 2 aromatic rings. The van der Waals surface area contributed by atoms with E-state index in [0.717, 1.165) is 3.57 Å². The lowest BCUT2D eigenvalue weighted by atomic mass is 10.1. The van der Waals surface area contributed by atoms with Gasteiger partial charge in [0.15, 0.2) is 0 Å². The van der Waals surface area contributed by atoms with Gasteiger partial charge < -0.3 is 5.32 Å². The van der Waals surface area contributed by atoms with E-state index in [0.29, 0.717) is 16.8 Å². The van der Waals surface area contributed by atoms with Crippen LogP contribution in [0.15, 0.2) is 42.5 Å². The number of nitrogens with one attached hydrogen (secondary N) is 1. The Labute approximate surface area is 129 Å². The lowest BCUT2D eigenvalue weighted by molar-refractivity contribution is -0.385. The zero-order chi connectivity index (χ0) is 14.7. The molecule has 0 atom stereocenters. The summed E-state index contributed by atoms with van der Waals surface area (Å²) in [4.78, 5) is 22.5. The first kappa shape index (κ1) is 14.4. The minimum absolute atomic E-state index is 0.00576. The van der Waals surface area contributed by atoms with Crippen LogP contribution in [0.2, 0.25) is 0 Å². The Hall–Kier alpha value is -1.96. The number of anilines is 1. The fraction of sp³-hybridized carbons (Fsp3) is 0.0714. The van der Waals surface area contributed by atoms with Gasteiger partial charge in [0, 0.05) is 20.8 Å². The van der Waals surface area contributed by atoms with Gasteiger partial charge in [0.05, 0.1) is 10.6 Å². The standard InChI is InChI=1S/C14H11IN2O3/c1-9-7-11(15)12(8-13(9)17(19)20)16-14(18)10-5-3-2-4-6-10/h2-8H,1H3,(H,16,18). The number of nitro groups is 1. The van der Waals surface area contributed by atoms with Gasteiger partial charge in [-0.1, -0.05) is 18.2 Å². The fourth-order valence-electron chi connectivity index (χ4n) is 1.74. The van der Waals surface area contributed by atoms with Crippen molar-refractivity contribution in [2.75, 3.05) is 5.32 Å². The van der Waals surface area contributed by atoms with E-state index in [9.17, 15) is 14.9 Å². The summed E-state index contributed by atoms with van der Waals surface area (Å²) in [5.41, 5.74) is 1.51. The van der Waals surface area contributed by atoms with Crippen molar-refractivity contribution < 1.29 is 9.72 Å². The molecule has 0 bridgehead atoms. The number of halogens is 1. The predicted octanol–water partition coefficient (Wildman–Crippen LogP) is 3.76. The summed E-state index contributed by atoms with van der Waals surface area (Å²) in [5, 5.41) is 13.6. The average Bonchev–Trinajstić information content (AvgIpc) is 2.42. The van der Waals surface area contributed by atoms with Crippen LogP contribution in [0.3, 0.4) is 0 Å². The van der Waals surface area contributed by atoms with E-state index >= 15 is 0 Å². The maximum absolute atomic E-state index is 12.0. The van der Waals surface area contributed by atoms with Gasteiger partial charge in [0.25, 0.3) is 11.6 Å². The van der Waals surface area contributed by atoms with E-state index in [4.69, 9.17) is 0 Å². The second-order valence-corrected chi connectivity index (χ2v) is 5.36. The Bertz CT molecular complexity index is 672. The van der Waals surface area contributed by atoms with Crippen LogP contribution in [0.25, 0.3) is 0 Å². The van der Waals surface area contributed by atoms with Crippen molar-refractivity contribution >= 4 is 39.9 Å². The Balaban J connectivity index is 2.32. The van der Waals surface area contributed by atoms with Crippen molar-refractivity contribution in [3.8, 4) is 0 Å². The first-order valence-electron chi connectivity index (χ1n) is 5.80. The molecule has 5 nitrogen and oxygen atoms in total. The molecule has 2 aromatic carbocycles. The number of nitrogens with zero attached hydrogens (tertiary/aromatic N) is 1. The minimum Gasteiger partial charge on any atom is -0.321 e. The maximum Gasteiger partial charge on any atom is 0.274 e. The van der Waals surface area contributed by atoms with E-state index in [1.165, 1.54) is 6.07 Å². The van der Waals surface area contributed by atoms with E-state index in [-0.39, 0.29) is 11.6 Å². The van der Waals surface area contributed by atoms with Gasteiger partial charge in [-0.3, -0.25) is 14.9 Å². The first-order chi connectivity index (χ1) is 9.49. The average molecular weight is 382 g/mol. The van der Waals surface area contributed by atoms with Crippen molar-refractivity contribution in [1.82, 2.24) is 0 Å². The van der Waals surface area contributed by atoms with Gasteiger partial charge in [0.1, 0.15) is 0 Å². The molecule has 102 valence electrons. The number of hydrogen-bond donors (Lipinski definition) is 1. The summed E-state index contributed by atoms with van der Waals surface area (Å²) >= 11 is 2.04. The van der Waals surface area contributed by atoms with Crippen molar-refractivity contribution in [1.29, 1.82) is 0 Å². The normalized spacial score (nSPS) is 10.1. The van der Waals surface area contributed by atoms with Crippen LogP contribution in [0.4, 0.5) is 11.4 Å². The molecular formula is C14H11IN2O3. The SMILES string of the molecule is Cc1cc(I)c(NC(=O)c2ccccc2)cc1[N+](=O)[O-]. The number of nitro benzene ring substituents is 1. The van der Waals surface area contributed by atoms with Crippen LogP contribution in [0.5, 0.6) is 0 Å². The van der Waals surface area contributed by atoms with Gasteiger partial charge in [0.2, 0.25) is 0 Å². The summed E-state index contributed by atoms with van der Waals surface area (Å²) in [7, 11) is 0. The molecule has 6 heteroatoms. The highest BCUT2D eigenvalue weighted by Gasteiger charge is 2.16. The summed E-state index contributed by atoms with van der Waals surface area (Å²) in [5.74, 6) is -0.290. The smallest absolute Gasteiger partial charge is 0.274 e. The molecule has 0 saturated carbocycles. The number of carbonyl (C=O) groups is 1. The summed E-state index contributed by atoms with van der Waals surface area (Å²) < 4.78 is 0.759. The highest BCUT2D eigenvalue weighted by molar-refractivity contribution is 14.1. The first-order valence-corrected chi connectivity index (χ1v) is 6.88. The third-order valence-corrected chi connectivity index (χ3v) is 3.66. The van der Waals surface area contributed by atoms with Crippen LogP contribution < -0.4 is 5.32 Å². The molecule has 0 fully saturated rings. The molecule has 1 amide bonds. The van der Waals surface area contributed by atoms with Gasteiger partial charge in [-0.05, 0) is 47.7 Å². The molecule has 2 rings (SSSR count). The molecule has 0 unspecified atom stereocenters. The molecule has 20 heavy (non-hydrogen) atoms. The van der Waals surface area contributed by atoms with Crippen LogP contribution in [0, 0.1) is 20.6 Å². The summed E-state index contributed by atoms with van der Waals surface area (Å²) in [6, 6.07) is 11.8. The number of rotatable bonds is 3. The monoisotopic (exact) mass is 382 g/mol. The van der Waals surface area contributed by atoms with Crippen LogP contribution in [0.1, 0.15) is 15.9 Å². The van der Waals surface area contributed by atoms with E-state index < -0.39 is 4.92 Å². The molecule has 0 aliphatic heterocycles. The second-order valence-electron chi connectivity index (χ2n) is 4.20. The number of amides is 1. The third kappa shape index (κ3) is 3.13. The fourth-order valence-corrected chi connectivity index (χ4v) is 2.50. The molecular weight excluding hydrogens is 371 g/mol. The van der Waals surface area contributed by atoms with Gasteiger partial charge in [-0.2, -0.15) is 0 Å². The molecule has 0 saturated heterocycles. The van der Waals surface area contributed by atoms with Crippen molar-refractivity contribution in [2.45, 2.75) is 6.92 Å². The van der Waals surface area contributed by atoms with E-state index in [1.54, 1.807) is 37.3 Å². The zero-order valence-corrected chi connectivity index (χ0v) is 12.7. The number of aryl methyl sites for hydroxylation is 1. The predicted molar refractivity (Wildman–Crippen MR) is 84.9 cm³/mol. The van der Waals surface area contributed by atoms with Crippen molar-refractivity contribution in [3.63, 3.8) is 0 Å². The molecule has 0 radical (unpaired) electrons. The number of benzene rings is 2. The van der Waals surface area contributed by atoms with Crippen LogP contribution in [-0.2, 0) is 0 Å². The molecule has 0 heterocycles. The molecule has 0 spiro atoms. The number of hydrogen-bond acceptors (Lipinski definition) is 3. The van der Waals surface area contributed by atoms with Crippen molar-refractivity contribution in [2.24, 2.45) is 0 Å². The third-order valence-electron chi connectivity index (χ3n) is 2.77. The maximum atomic E-state index is 12.0. The molecule has 1 N–H and O–H groups in total. The highest BCUT2D eigenvalue weighted by Crippen LogP contribution is 2.28. The highest BCUT2D eigenvalue weighted by atomic mass is 127. The quantitative estimate of drug-likeness (QED) is 0.499. The van der Waals surface area contributed by atoms with Gasteiger partial charge in [-0.15, -0.1) is 0 Å².